The molecule has 0 unspecified atom stereocenters. The smallest absolute Gasteiger partial charge is 0.329 e. The fraction of sp³-hybridized carbons (Fsp3) is 0.333. The average Bonchev–Trinajstić information content (AvgIpc) is 2.48. The number of hydrogen-bond acceptors (Lipinski definition) is 8. The second kappa shape index (κ2) is 9.93. The predicted octanol–water partition coefficient (Wildman–Crippen LogP) is 0.0918. The van der Waals surface area contributed by atoms with Crippen LogP contribution < -0.4 is 5.32 Å². The number of benzene rings is 1. The van der Waals surface area contributed by atoms with Crippen LogP contribution in [0, 0.1) is 5.82 Å². The molecule has 0 aliphatic rings. The molecule has 0 aliphatic heterocycles. The molecule has 0 atom stereocenters. The van der Waals surface area contributed by atoms with Crippen LogP contribution in [0.2, 0.25) is 0 Å². The van der Waals surface area contributed by atoms with E-state index in [-0.39, 0.29) is 17.7 Å². The predicted molar refractivity (Wildman–Crippen MR) is 81.3 cm³/mol. The third-order valence-corrected chi connectivity index (χ3v) is 2.82. The van der Waals surface area contributed by atoms with Gasteiger partial charge in [0.1, 0.15) is 18.7 Å². The molecule has 0 amide bonds. The van der Waals surface area contributed by atoms with E-state index in [0.717, 1.165) is 6.07 Å². The minimum atomic E-state index is -1.90. The lowest BCUT2D eigenvalue weighted by Gasteiger charge is -2.21. The van der Waals surface area contributed by atoms with Gasteiger partial charge in [-0.05, 0) is 12.1 Å². The molecule has 1 aromatic carbocycles. The van der Waals surface area contributed by atoms with Crippen molar-refractivity contribution >= 4 is 29.6 Å². The summed E-state index contributed by atoms with van der Waals surface area (Å²) in [6.45, 7) is -0.405. The molecule has 0 bridgehead atoms. The summed E-state index contributed by atoms with van der Waals surface area (Å²) in [7, 11) is 0. The standard InChI is InChI=1S/C15H16FNO9/c16-9-2-1-3-10(8(9)4-5-18)17-15(25-13(23)6-11(19)20)26-14(24)7-12(21)22/h1-3,15,17-18H,4-7H2,(H,19,20)(H,21,22). The van der Waals surface area contributed by atoms with Gasteiger partial charge in [-0.2, -0.15) is 0 Å². The number of anilines is 1. The Labute approximate surface area is 146 Å². The second-order valence-corrected chi connectivity index (χ2v) is 4.84. The highest BCUT2D eigenvalue weighted by atomic mass is 19.1. The highest BCUT2D eigenvalue weighted by molar-refractivity contribution is 5.91. The van der Waals surface area contributed by atoms with Crippen molar-refractivity contribution in [1.29, 1.82) is 0 Å². The number of carbonyl (C=O) groups is 4. The number of aliphatic hydroxyl groups is 1. The molecule has 0 aliphatic carbocycles. The maximum Gasteiger partial charge on any atom is 0.329 e. The van der Waals surface area contributed by atoms with Crippen LogP contribution >= 0.6 is 0 Å². The SMILES string of the molecule is O=C(O)CC(=O)OC(Nc1cccc(F)c1CCO)OC(=O)CC(=O)O. The van der Waals surface area contributed by atoms with Crippen molar-refractivity contribution in [3.05, 3.63) is 29.6 Å². The summed E-state index contributed by atoms with van der Waals surface area (Å²) in [5.41, 5.74) is -0.0149. The third kappa shape index (κ3) is 7.13. The van der Waals surface area contributed by atoms with Crippen LogP contribution in [0.1, 0.15) is 18.4 Å². The lowest BCUT2D eigenvalue weighted by atomic mass is 10.1. The van der Waals surface area contributed by atoms with Crippen LogP contribution in [0.15, 0.2) is 18.2 Å². The van der Waals surface area contributed by atoms with Crippen molar-refractivity contribution in [3.63, 3.8) is 0 Å². The Morgan fingerprint density at radius 3 is 2.04 bits per heavy atom. The van der Waals surface area contributed by atoms with Crippen LogP contribution in [0.5, 0.6) is 0 Å². The first kappa shape index (κ1) is 20.8. The molecular formula is C15H16FNO9. The number of aliphatic carboxylic acids is 2. The molecule has 142 valence electrons. The van der Waals surface area contributed by atoms with E-state index in [1.807, 2.05) is 0 Å². The zero-order valence-corrected chi connectivity index (χ0v) is 13.3. The van der Waals surface area contributed by atoms with Crippen LogP contribution in [0.25, 0.3) is 0 Å². The van der Waals surface area contributed by atoms with Crippen molar-refractivity contribution in [2.45, 2.75) is 25.7 Å². The van der Waals surface area contributed by atoms with Gasteiger partial charge < -0.3 is 30.1 Å². The Balaban J connectivity index is 2.99. The minimum absolute atomic E-state index is 0.00435. The lowest BCUT2D eigenvalue weighted by molar-refractivity contribution is -0.184. The van der Waals surface area contributed by atoms with Gasteiger partial charge >= 0.3 is 30.3 Å². The van der Waals surface area contributed by atoms with E-state index < -0.39 is 55.6 Å². The number of aliphatic hydroxyl groups excluding tert-OH is 1. The molecule has 0 saturated heterocycles. The molecule has 1 rings (SSSR count). The van der Waals surface area contributed by atoms with Crippen molar-refractivity contribution in [2.24, 2.45) is 0 Å². The van der Waals surface area contributed by atoms with Gasteiger partial charge in [0, 0.05) is 24.3 Å². The maximum atomic E-state index is 13.8. The summed E-state index contributed by atoms with van der Waals surface area (Å²) in [6, 6.07) is 3.73. The molecule has 26 heavy (non-hydrogen) atoms. The van der Waals surface area contributed by atoms with Gasteiger partial charge in [-0.15, -0.1) is 0 Å². The van der Waals surface area contributed by atoms with E-state index in [1.54, 1.807) is 0 Å². The number of rotatable bonds is 10. The highest BCUT2D eigenvalue weighted by Crippen LogP contribution is 2.21. The van der Waals surface area contributed by atoms with Crippen molar-refractivity contribution in [1.82, 2.24) is 0 Å². The van der Waals surface area contributed by atoms with Gasteiger partial charge in [0.05, 0.1) is 0 Å². The van der Waals surface area contributed by atoms with Gasteiger partial charge in [-0.1, -0.05) is 6.07 Å². The fourth-order valence-electron chi connectivity index (χ4n) is 1.84. The number of ether oxygens (including phenoxy) is 2. The summed E-state index contributed by atoms with van der Waals surface area (Å²) >= 11 is 0. The molecule has 11 heteroatoms. The molecular weight excluding hydrogens is 357 g/mol. The molecule has 1 aromatic rings. The molecule has 4 N–H and O–H groups in total. The molecule has 0 radical (unpaired) electrons. The van der Waals surface area contributed by atoms with Crippen LogP contribution in [-0.4, -0.2) is 52.2 Å². The van der Waals surface area contributed by atoms with Crippen LogP contribution in [-0.2, 0) is 35.1 Å². The Hall–Kier alpha value is -3.21. The Morgan fingerprint density at radius 1 is 1.04 bits per heavy atom. The number of carboxylic acid groups (broad SMARTS) is 2. The van der Waals surface area contributed by atoms with Crippen molar-refractivity contribution < 1.29 is 48.4 Å². The minimum Gasteiger partial charge on any atom is -0.481 e. The average molecular weight is 373 g/mol. The fourth-order valence-corrected chi connectivity index (χ4v) is 1.84. The van der Waals surface area contributed by atoms with Crippen LogP contribution in [0.3, 0.4) is 0 Å². The molecule has 0 saturated carbocycles. The lowest BCUT2D eigenvalue weighted by Crippen LogP contribution is -2.33. The number of carbonyl (C=O) groups excluding carboxylic acids is 2. The number of halogens is 1. The molecule has 0 aromatic heterocycles. The molecule has 10 nitrogen and oxygen atoms in total. The van der Waals surface area contributed by atoms with Gasteiger partial charge in [0.25, 0.3) is 0 Å². The van der Waals surface area contributed by atoms with E-state index >= 15 is 0 Å². The maximum absolute atomic E-state index is 13.8. The zero-order valence-electron chi connectivity index (χ0n) is 13.3. The van der Waals surface area contributed by atoms with Crippen molar-refractivity contribution in [3.8, 4) is 0 Å². The second-order valence-electron chi connectivity index (χ2n) is 4.84. The van der Waals surface area contributed by atoms with E-state index in [0.29, 0.717) is 0 Å². The first-order valence-corrected chi connectivity index (χ1v) is 7.20. The van der Waals surface area contributed by atoms with Gasteiger partial charge in [0.2, 0.25) is 0 Å². The van der Waals surface area contributed by atoms with Gasteiger partial charge in [-0.3, -0.25) is 19.2 Å². The molecule has 0 heterocycles. The van der Waals surface area contributed by atoms with E-state index in [1.165, 1.54) is 12.1 Å². The van der Waals surface area contributed by atoms with E-state index in [2.05, 4.69) is 14.8 Å². The van der Waals surface area contributed by atoms with Gasteiger partial charge in [-0.25, -0.2) is 4.39 Å². The topological polar surface area (TPSA) is 159 Å². The number of esters is 2. The summed E-state index contributed by atoms with van der Waals surface area (Å²) in [5.74, 6) is -6.26. The molecule has 0 fully saturated rings. The number of hydrogen-bond donors (Lipinski definition) is 4. The summed E-state index contributed by atoms with van der Waals surface area (Å²) < 4.78 is 23.1. The third-order valence-electron chi connectivity index (χ3n) is 2.82. The summed E-state index contributed by atoms with van der Waals surface area (Å²) in [5, 5.41) is 28.5. The largest absolute Gasteiger partial charge is 0.481 e. The Kier molecular flexibility index (Phi) is 7.96. The quantitative estimate of drug-likeness (QED) is 0.251. The first-order chi connectivity index (χ1) is 12.2. The highest BCUT2D eigenvalue weighted by Gasteiger charge is 2.23. The van der Waals surface area contributed by atoms with E-state index in [9.17, 15) is 23.6 Å². The van der Waals surface area contributed by atoms with Gasteiger partial charge in [0.15, 0.2) is 0 Å². The Bertz CT molecular complexity index is 662. The Morgan fingerprint density at radius 2 is 1.58 bits per heavy atom. The van der Waals surface area contributed by atoms with Crippen LogP contribution in [0.4, 0.5) is 10.1 Å². The molecule has 0 spiro atoms. The van der Waals surface area contributed by atoms with E-state index in [4.69, 9.17) is 15.3 Å². The monoisotopic (exact) mass is 373 g/mol. The zero-order chi connectivity index (χ0) is 19.7. The summed E-state index contributed by atoms with van der Waals surface area (Å²) in [6.07, 6.45) is -4.09. The van der Waals surface area contributed by atoms with Crippen molar-refractivity contribution in [2.75, 3.05) is 11.9 Å². The normalized spacial score (nSPS) is 10.3. The first-order valence-electron chi connectivity index (χ1n) is 7.20. The summed E-state index contributed by atoms with van der Waals surface area (Å²) in [4.78, 5) is 44.0. The number of carboxylic acids is 2. The number of nitrogens with one attached hydrogen (secondary N) is 1.